The molecule has 3 rings (SSSR count). The lowest BCUT2D eigenvalue weighted by Gasteiger charge is -2.12. The number of nitrogens with one attached hydrogen (secondary N) is 1. The van der Waals surface area contributed by atoms with Crippen molar-refractivity contribution in [3.63, 3.8) is 0 Å². The molecule has 0 unspecified atom stereocenters. The summed E-state index contributed by atoms with van der Waals surface area (Å²) >= 11 is 1.78. The molecule has 3 heterocycles. The maximum atomic E-state index is 12.7. The molecule has 0 fully saturated rings. The van der Waals surface area contributed by atoms with E-state index in [1.54, 1.807) is 16.3 Å². The summed E-state index contributed by atoms with van der Waals surface area (Å²) in [7, 11) is 0. The molecule has 0 aromatic carbocycles. The number of aryl methyl sites for hydroxylation is 3. The zero-order valence-corrected chi connectivity index (χ0v) is 18.4. The van der Waals surface area contributed by atoms with Crippen molar-refractivity contribution in [1.82, 2.24) is 19.2 Å². The van der Waals surface area contributed by atoms with E-state index in [2.05, 4.69) is 26.5 Å². The monoisotopic (exact) mass is 425 g/mol. The predicted octanol–water partition coefficient (Wildman–Crippen LogP) is 3.30. The summed E-state index contributed by atoms with van der Waals surface area (Å²) in [4.78, 5) is 20.9. The fourth-order valence-electron chi connectivity index (χ4n) is 3.51. The number of pyridine rings is 1. The third-order valence-corrected chi connectivity index (χ3v) is 5.77. The Labute approximate surface area is 180 Å². The Bertz CT molecular complexity index is 1140. The van der Waals surface area contributed by atoms with Gasteiger partial charge in [0.2, 0.25) is 0 Å². The maximum absolute atomic E-state index is 12.7. The smallest absolute Gasteiger partial charge is 0.268 e. The molecular weight excluding hydrogens is 398 g/mol. The Kier molecular flexibility index (Phi) is 7.00. The van der Waals surface area contributed by atoms with Gasteiger partial charge in [-0.05, 0) is 44.3 Å². The summed E-state index contributed by atoms with van der Waals surface area (Å²) in [5.74, 6) is 1.73. The molecule has 0 saturated heterocycles. The average molecular weight is 426 g/mol. The molecule has 0 amide bonds. The second-order valence-corrected chi connectivity index (χ2v) is 8.00. The van der Waals surface area contributed by atoms with Gasteiger partial charge in [-0.15, -0.1) is 0 Å². The number of nitrogens with zero attached hydrogens (tertiary/aromatic N) is 5. The van der Waals surface area contributed by atoms with E-state index in [4.69, 9.17) is 12.3 Å². The van der Waals surface area contributed by atoms with Crippen LogP contribution in [0.15, 0.2) is 23.1 Å². The van der Waals surface area contributed by atoms with Crippen LogP contribution >= 0.6 is 11.8 Å². The van der Waals surface area contributed by atoms with Crippen molar-refractivity contribution in [3.05, 3.63) is 56.9 Å². The van der Waals surface area contributed by atoms with Gasteiger partial charge >= 0.3 is 0 Å². The van der Waals surface area contributed by atoms with E-state index in [1.807, 2.05) is 32.2 Å². The number of hydrogen-bond donors (Lipinski definition) is 2. The van der Waals surface area contributed by atoms with Gasteiger partial charge in [0.1, 0.15) is 11.6 Å². The van der Waals surface area contributed by atoms with Gasteiger partial charge in [-0.25, -0.2) is 14.3 Å². The summed E-state index contributed by atoms with van der Waals surface area (Å²) in [5.41, 5.74) is 9.76. The highest BCUT2D eigenvalue weighted by Crippen LogP contribution is 2.32. The molecule has 0 spiro atoms. The molecule has 0 aliphatic heterocycles. The second kappa shape index (κ2) is 9.67. The number of nitrogen functional groups attached to an aromatic ring is 1. The van der Waals surface area contributed by atoms with Crippen LogP contribution in [0.5, 0.6) is 0 Å². The van der Waals surface area contributed by atoms with Crippen LogP contribution in [-0.4, -0.2) is 37.7 Å². The zero-order valence-electron chi connectivity index (χ0n) is 17.6. The molecule has 0 radical (unpaired) electrons. The minimum absolute atomic E-state index is 0.0356. The molecule has 158 valence electrons. The molecule has 0 aliphatic carbocycles. The number of anilines is 2. The third-order valence-electron chi connectivity index (χ3n) is 5.07. The first-order valence-electron chi connectivity index (χ1n) is 9.98. The first-order chi connectivity index (χ1) is 14.5. The molecular formula is C21H27N7OS. The van der Waals surface area contributed by atoms with E-state index in [0.29, 0.717) is 24.4 Å². The van der Waals surface area contributed by atoms with Crippen LogP contribution in [0.2, 0.25) is 0 Å². The Hall–Kier alpha value is -2.99. The lowest BCUT2D eigenvalue weighted by atomic mass is 10.2. The number of nitrogens with two attached hydrogens (primary N) is 1. The molecule has 3 aromatic heterocycles. The van der Waals surface area contributed by atoms with Crippen LogP contribution in [-0.2, 0) is 19.4 Å². The van der Waals surface area contributed by atoms with Crippen LogP contribution in [0.25, 0.3) is 10.5 Å². The first kappa shape index (κ1) is 21.7. The molecule has 3 aromatic rings. The van der Waals surface area contributed by atoms with Gasteiger partial charge in [0.05, 0.1) is 12.3 Å². The molecule has 30 heavy (non-hydrogen) atoms. The van der Waals surface area contributed by atoms with E-state index in [9.17, 15) is 4.79 Å². The van der Waals surface area contributed by atoms with Gasteiger partial charge in [-0.3, -0.25) is 4.79 Å². The van der Waals surface area contributed by atoms with Crippen molar-refractivity contribution >= 4 is 34.7 Å². The summed E-state index contributed by atoms with van der Waals surface area (Å²) < 4.78 is 3.30. The number of aromatic nitrogens is 4. The van der Waals surface area contributed by atoms with Gasteiger partial charge in [-0.1, -0.05) is 13.0 Å². The molecule has 0 bridgehead atoms. The van der Waals surface area contributed by atoms with Crippen LogP contribution in [0, 0.1) is 13.5 Å². The number of rotatable bonds is 9. The van der Waals surface area contributed by atoms with Crippen LogP contribution in [0.1, 0.15) is 30.2 Å². The Morgan fingerprint density at radius 1 is 1.40 bits per heavy atom. The molecule has 3 N–H and O–H groups in total. The standard InChI is InChI=1S/C21H27N7OS/c1-5-16-14(2)26-28-18(22)17(23-3)19(25-20(16)28)24-10-9-15-8-6-11-27(21(15)29)12-7-13-30-4/h6,8,11H,5,7,9-10,12-13,22H2,1-2,4H3,(H,24,25). The topological polar surface area (TPSA) is 94.6 Å². The van der Waals surface area contributed by atoms with Crippen molar-refractivity contribution in [2.75, 3.05) is 29.6 Å². The molecule has 0 aliphatic rings. The zero-order chi connectivity index (χ0) is 21.7. The first-order valence-corrected chi connectivity index (χ1v) is 11.4. The Balaban J connectivity index is 1.80. The van der Waals surface area contributed by atoms with Gasteiger partial charge in [0.25, 0.3) is 11.2 Å². The lowest BCUT2D eigenvalue weighted by Crippen LogP contribution is -2.24. The van der Waals surface area contributed by atoms with Crippen molar-refractivity contribution < 1.29 is 0 Å². The summed E-state index contributed by atoms with van der Waals surface area (Å²) in [6.45, 7) is 12.7. The van der Waals surface area contributed by atoms with E-state index in [-0.39, 0.29) is 17.1 Å². The minimum atomic E-state index is 0.0356. The maximum Gasteiger partial charge on any atom is 0.268 e. The fraction of sp³-hybridized carbons (Fsp3) is 0.429. The van der Waals surface area contributed by atoms with Gasteiger partial charge in [-0.2, -0.15) is 16.9 Å². The fourth-order valence-corrected chi connectivity index (χ4v) is 3.92. The van der Waals surface area contributed by atoms with Gasteiger partial charge < -0.3 is 15.6 Å². The molecule has 0 atom stereocenters. The van der Waals surface area contributed by atoms with Crippen molar-refractivity contribution in [1.29, 1.82) is 0 Å². The summed E-state index contributed by atoms with van der Waals surface area (Å²) in [6, 6.07) is 3.76. The molecule has 9 heteroatoms. The van der Waals surface area contributed by atoms with Crippen LogP contribution in [0.3, 0.4) is 0 Å². The van der Waals surface area contributed by atoms with Crippen LogP contribution < -0.4 is 16.6 Å². The van der Waals surface area contributed by atoms with Gasteiger partial charge in [0.15, 0.2) is 5.65 Å². The predicted molar refractivity (Wildman–Crippen MR) is 124 cm³/mol. The SMILES string of the molecule is [C-]#[N+]c1c(NCCc2cccn(CCCSC)c2=O)nc2c(CC)c(C)nn2c1N. The average Bonchev–Trinajstić information content (AvgIpc) is 3.06. The largest absolute Gasteiger partial charge is 0.392 e. The van der Waals surface area contributed by atoms with Gasteiger partial charge in [0, 0.05) is 30.4 Å². The normalized spacial score (nSPS) is 11.0. The highest BCUT2D eigenvalue weighted by molar-refractivity contribution is 7.98. The molecule has 0 saturated carbocycles. The summed E-state index contributed by atoms with van der Waals surface area (Å²) in [6.07, 6.45) is 6.17. The Morgan fingerprint density at radius 2 is 2.20 bits per heavy atom. The van der Waals surface area contributed by atoms with E-state index in [1.165, 1.54) is 4.52 Å². The summed E-state index contributed by atoms with van der Waals surface area (Å²) in [5, 5.41) is 7.63. The lowest BCUT2D eigenvalue weighted by molar-refractivity contribution is 0.651. The second-order valence-electron chi connectivity index (χ2n) is 7.01. The van der Waals surface area contributed by atoms with Crippen molar-refractivity contribution in [2.24, 2.45) is 0 Å². The van der Waals surface area contributed by atoms with Crippen LogP contribution in [0.4, 0.5) is 17.3 Å². The van der Waals surface area contributed by atoms with E-state index < -0.39 is 0 Å². The van der Waals surface area contributed by atoms with Crippen molar-refractivity contribution in [2.45, 2.75) is 39.7 Å². The third kappa shape index (κ3) is 4.28. The highest BCUT2D eigenvalue weighted by Gasteiger charge is 2.18. The van der Waals surface area contributed by atoms with E-state index >= 15 is 0 Å². The highest BCUT2D eigenvalue weighted by atomic mass is 32.2. The number of thioether (sulfide) groups is 1. The minimum Gasteiger partial charge on any atom is -0.392 e. The van der Waals surface area contributed by atoms with Crippen molar-refractivity contribution in [3.8, 4) is 0 Å². The number of hydrogen-bond acceptors (Lipinski definition) is 6. The number of fused-ring (bicyclic) bond motifs is 1. The molecule has 8 nitrogen and oxygen atoms in total. The van der Waals surface area contributed by atoms with E-state index in [0.717, 1.165) is 42.0 Å². The Morgan fingerprint density at radius 3 is 2.90 bits per heavy atom. The quantitative estimate of drug-likeness (QED) is 0.403.